The first-order chi connectivity index (χ1) is 9.15. The third-order valence-corrected chi connectivity index (χ3v) is 2.95. The van der Waals surface area contributed by atoms with Crippen molar-refractivity contribution < 1.29 is 13.6 Å². The lowest BCUT2D eigenvalue weighted by Gasteiger charge is -2.01. The SMILES string of the molecule is C/C=C/CCNC(=O)c1oc2c(F)cccc2c1C. The van der Waals surface area contributed by atoms with Crippen LogP contribution < -0.4 is 5.32 Å². The molecule has 1 heterocycles. The maximum atomic E-state index is 13.6. The lowest BCUT2D eigenvalue weighted by atomic mass is 10.1. The number of halogens is 1. The molecule has 0 bridgehead atoms. The van der Waals surface area contributed by atoms with E-state index in [1.54, 1.807) is 19.1 Å². The molecule has 100 valence electrons. The van der Waals surface area contributed by atoms with Crippen LogP contribution in [-0.4, -0.2) is 12.5 Å². The van der Waals surface area contributed by atoms with E-state index in [0.29, 0.717) is 17.5 Å². The predicted molar refractivity (Wildman–Crippen MR) is 72.7 cm³/mol. The number of fused-ring (bicyclic) bond motifs is 1. The third-order valence-electron chi connectivity index (χ3n) is 2.95. The van der Waals surface area contributed by atoms with Crippen LogP contribution in [0.4, 0.5) is 4.39 Å². The van der Waals surface area contributed by atoms with Gasteiger partial charge in [-0.15, -0.1) is 0 Å². The van der Waals surface area contributed by atoms with Gasteiger partial charge in [0.05, 0.1) is 0 Å². The average molecular weight is 261 g/mol. The van der Waals surface area contributed by atoms with E-state index >= 15 is 0 Å². The van der Waals surface area contributed by atoms with Gasteiger partial charge in [-0.2, -0.15) is 0 Å². The van der Waals surface area contributed by atoms with Crippen LogP contribution in [0.2, 0.25) is 0 Å². The minimum Gasteiger partial charge on any atom is -0.448 e. The molecular weight excluding hydrogens is 245 g/mol. The average Bonchev–Trinajstić information content (AvgIpc) is 2.74. The van der Waals surface area contributed by atoms with Gasteiger partial charge in [0.1, 0.15) is 0 Å². The van der Waals surface area contributed by atoms with E-state index < -0.39 is 5.82 Å². The molecule has 0 spiro atoms. The van der Waals surface area contributed by atoms with Gasteiger partial charge in [0.2, 0.25) is 0 Å². The molecule has 1 aromatic heterocycles. The molecule has 0 aliphatic rings. The van der Waals surface area contributed by atoms with E-state index in [4.69, 9.17) is 4.42 Å². The molecule has 1 amide bonds. The summed E-state index contributed by atoms with van der Waals surface area (Å²) in [6, 6.07) is 4.67. The van der Waals surface area contributed by atoms with E-state index in [2.05, 4.69) is 5.32 Å². The molecule has 0 aliphatic carbocycles. The Morgan fingerprint density at radius 1 is 1.47 bits per heavy atom. The molecule has 19 heavy (non-hydrogen) atoms. The minimum atomic E-state index is -0.450. The summed E-state index contributed by atoms with van der Waals surface area (Å²) < 4.78 is 18.9. The van der Waals surface area contributed by atoms with Gasteiger partial charge in [-0.05, 0) is 26.3 Å². The van der Waals surface area contributed by atoms with Crippen molar-refractivity contribution in [2.45, 2.75) is 20.3 Å². The molecule has 1 N–H and O–H groups in total. The standard InChI is InChI=1S/C15H16FNO2/c1-3-4-5-9-17-15(18)13-10(2)11-7-6-8-12(16)14(11)19-13/h3-4,6-8H,5,9H2,1-2H3,(H,17,18)/b4-3+. The summed E-state index contributed by atoms with van der Waals surface area (Å²) in [4.78, 5) is 12.0. The van der Waals surface area contributed by atoms with Crippen LogP contribution in [0.3, 0.4) is 0 Å². The highest BCUT2D eigenvalue weighted by molar-refractivity contribution is 5.98. The highest BCUT2D eigenvalue weighted by Gasteiger charge is 2.18. The van der Waals surface area contributed by atoms with Crippen LogP contribution in [0.25, 0.3) is 11.0 Å². The largest absolute Gasteiger partial charge is 0.448 e. The van der Waals surface area contributed by atoms with Crippen LogP contribution in [0.1, 0.15) is 29.5 Å². The number of amides is 1. The van der Waals surface area contributed by atoms with Crippen LogP contribution in [0, 0.1) is 12.7 Å². The topological polar surface area (TPSA) is 42.2 Å². The number of allylic oxidation sites excluding steroid dienone is 1. The third kappa shape index (κ3) is 2.67. The summed E-state index contributed by atoms with van der Waals surface area (Å²) in [7, 11) is 0. The second-order valence-corrected chi connectivity index (χ2v) is 4.29. The Kier molecular flexibility index (Phi) is 4.00. The maximum Gasteiger partial charge on any atom is 0.287 e. The second kappa shape index (κ2) is 5.69. The number of carbonyl (C=O) groups excluding carboxylic acids is 1. The summed E-state index contributed by atoms with van der Waals surface area (Å²) in [5, 5.41) is 3.39. The number of aryl methyl sites for hydroxylation is 1. The van der Waals surface area contributed by atoms with Crippen molar-refractivity contribution >= 4 is 16.9 Å². The fourth-order valence-corrected chi connectivity index (χ4v) is 1.94. The fraction of sp³-hybridized carbons (Fsp3) is 0.267. The molecule has 0 unspecified atom stereocenters. The first-order valence-electron chi connectivity index (χ1n) is 6.22. The molecule has 0 atom stereocenters. The lowest BCUT2D eigenvalue weighted by Crippen LogP contribution is -2.24. The van der Waals surface area contributed by atoms with Gasteiger partial charge in [0.25, 0.3) is 5.91 Å². The Balaban J connectivity index is 2.23. The van der Waals surface area contributed by atoms with Crippen LogP contribution >= 0.6 is 0 Å². The van der Waals surface area contributed by atoms with Gasteiger partial charge in [0, 0.05) is 17.5 Å². The fourth-order valence-electron chi connectivity index (χ4n) is 1.94. The smallest absolute Gasteiger partial charge is 0.287 e. The lowest BCUT2D eigenvalue weighted by molar-refractivity contribution is 0.0928. The molecule has 0 saturated carbocycles. The first kappa shape index (κ1) is 13.3. The van der Waals surface area contributed by atoms with Gasteiger partial charge >= 0.3 is 0 Å². The Hall–Kier alpha value is -2.10. The van der Waals surface area contributed by atoms with E-state index in [9.17, 15) is 9.18 Å². The molecule has 2 rings (SSSR count). The first-order valence-corrected chi connectivity index (χ1v) is 6.22. The highest BCUT2D eigenvalue weighted by atomic mass is 19.1. The zero-order valence-corrected chi connectivity index (χ0v) is 11.0. The van der Waals surface area contributed by atoms with E-state index in [0.717, 1.165) is 6.42 Å². The van der Waals surface area contributed by atoms with Crippen LogP contribution in [0.5, 0.6) is 0 Å². The Bertz CT molecular complexity index is 628. The predicted octanol–water partition coefficient (Wildman–Crippen LogP) is 3.58. The number of hydrogen-bond donors (Lipinski definition) is 1. The summed E-state index contributed by atoms with van der Waals surface area (Å²) in [6.45, 7) is 4.21. The summed E-state index contributed by atoms with van der Waals surface area (Å²) >= 11 is 0. The molecule has 0 aliphatic heterocycles. The monoisotopic (exact) mass is 261 g/mol. The molecule has 0 radical (unpaired) electrons. The zero-order chi connectivity index (χ0) is 13.8. The van der Waals surface area contributed by atoms with Crippen molar-refractivity contribution in [3.05, 3.63) is 47.5 Å². The molecule has 3 nitrogen and oxygen atoms in total. The Labute approximate surface area is 111 Å². The zero-order valence-electron chi connectivity index (χ0n) is 11.0. The number of hydrogen-bond acceptors (Lipinski definition) is 2. The number of rotatable bonds is 4. The van der Waals surface area contributed by atoms with Crippen molar-refractivity contribution in [2.75, 3.05) is 6.54 Å². The van der Waals surface area contributed by atoms with Crippen molar-refractivity contribution in [1.82, 2.24) is 5.32 Å². The molecule has 1 aromatic carbocycles. The van der Waals surface area contributed by atoms with Crippen molar-refractivity contribution in [3.63, 3.8) is 0 Å². The summed E-state index contributed by atoms with van der Waals surface area (Å²) in [6.07, 6.45) is 4.65. The van der Waals surface area contributed by atoms with Crippen molar-refractivity contribution in [3.8, 4) is 0 Å². The summed E-state index contributed by atoms with van der Waals surface area (Å²) in [5.74, 6) is -0.577. The number of carbonyl (C=O) groups is 1. The number of benzene rings is 1. The normalized spacial score (nSPS) is 11.3. The second-order valence-electron chi connectivity index (χ2n) is 4.29. The minimum absolute atomic E-state index is 0.138. The van der Waals surface area contributed by atoms with Crippen LogP contribution in [-0.2, 0) is 0 Å². The van der Waals surface area contributed by atoms with Crippen molar-refractivity contribution in [2.24, 2.45) is 0 Å². The quantitative estimate of drug-likeness (QED) is 0.675. The van der Waals surface area contributed by atoms with Crippen molar-refractivity contribution in [1.29, 1.82) is 0 Å². The van der Waals surface area contributed by atoms with E-state index in [-0.39, 0.29) is 17.3 Å². The molecule has 4 heteroatoms. The van der Waals surface area contributed by atoms with Gasteiger partial charge in [0.15, 0.2) is 17.2 Å². The van der Waals surface area contributed by atoms with Gasteiger partial charge in [-0.25, -0.2) is 4.39 Å². The molecular formula is C15H16FNO2. The van der Waals surface area contributed by atoms with Gasteiger partial charge < -0.3 is 9.73 Å². The molecule has 0 fully saturated rings. The van der Waals surface area contributed by atoms with E-state index in [1.165, 1.54) is 6.07 Å². The Morgan fingerprint density at radius 2 is 2.26 bits per heavy atom. The van der Waals surface area contributed by atoms with Gasteiger partial charge in [-0.3, -0.25) is 4.79 Å². The number of para-hydroxylation sites is 1. The van der Waals surface area contributed by atoms with Gasteiger partial charge in [-0.1, -0.05) is 24.3 Å². The number of nitrogens with one attached hydrogen (secondary N) is 1. The molecule has 0 saturated heterocycles. The number of furan rings is 1. The molecule has 2 aromatic rings. The van der Waals surface area contributed by atoms with E-state index in [1.807, 2.05) is 19.1 Å². The van der Waals surface area contributed by atoms with Crippen LogP contribution in [0.15, 0.2) is 34.8 Å². The summed E-state index contributed by atoms with van der Waals surface area (Å²) in [5.41, 5.74) is 0.802. The Morgan fingerprint density at radius 3 is 2.95 bits per heavy atom. The highest BCUT2D eigenvalue weighted by Crippen LogP contribution is 2.27. The maximum absolute atomic E-state index is 13.6.